The fourth-order valence-corrected chi connectivity index (χ4v) is 4.42. The number of nitrogens with one attached hydrogen (secondary N) is 1. The van der Waals surface area contributed by atoms with Crippen LogP contribution in [0.5, 0.6) is 0 Å². The summed E-state index contributed by atoms with van der Waals surface area (Å²) in [6, 6.07) is 15.8. The summed E-state index contributed by atoms with van der Waals surface area (Å²) in [6.07, 6.45) is 3.21. The molecule has 0 aliphatic rings. The molecule has 1 heterocycles. The topological polar surface area (TPSA) is 45.2 Å². The van der Waals surface area contributed by atoms with Gasteiger partial charge < -0.3 is 10.2 Å². The average Bonchev–Trinajstić information content (AvgIpc) is 2.78. The Kier molecular flexibility index (Phi) is 8.85. The third kappa shape index (κ3) is 6.77. The molecule has 31 heavy (non-hydrogen) atoms. The summed E-state index contributed by atoms with van der Waals surface area (Å²) in [4.78, 5) is 21.0. The largest absolute Gasteiger partial charge is 0.352 e. The number of aromatic nitrogens is 1. The van der Waals surface area contributed by atoms with Gasteiger partial charge in [-0.25, -0.2) is 9.37 Å². The lowest BCUT2D eigenvalue weighted by Gasteiger charge is -2.20. The summed E-state index contributed by atoms with van der Waals surface area (Å²) in [5, 5.41) is 4.63. The maximum absolute atomic E-state index is 13.2. The number of halogens is 1. The number of para-hydroxylation sites is 1. The van der Waals surface area contributed by atoms with Crippen LogP contribution < -0.4 is 5.32 Å². The Hall–Kier alpha value is -2.44. The third-order valence-electron chi connectivity index (χ3n) is 4.99. The lowest BCUT2D eigenvalue weighted by molar-refractivity contribution is 0.0953. The molecule has 4 nitrogen and oxygen atoms in total. The Morgan fingerprint density at radius 3 is 2.45 bits per heavy atom. The number of rotatable bonds is 11. The van der Waals surface area contributed by atoms with Crippen molar-refractivity contribution in [2.24, 2.45) is 0 Å². The maximum Gasteiger partial charge on any atom is 0.252 e. The summed E-state index contributed by atoms with van der Waals surface area (Å²) in [5.74, 6) is -0.357. The molecule has 3 aromatic rings. The highest BCUT2D eigenvalue weighted by atomic mass is 32.2. The molecule has 0 saturated carbocycles. The van der Waals surface area contributed by atoms with Crippen molar-refractivity contribution in [3.63, 3.8) is 0 Å². The van der Waals surface area contributed by atoms with Gasteiger partial charge in [0, 0.05) is 16.8 Å². The molecule has 6 heteroatoms. The number of carbonyl (C=O) groups is 1. The molecule has 0 fully saturated rings. The minimum absolute atomic E-state index is 0.0860. The zero-order valence-corrected chi connectivity index (χ0v) is 19.1. The number of nitrogens with zero attached hydrogens (tertiary/aromatic N) is 2. The molecule has 0 atom stereocenters. The van der Waals surface area contributed by atoms with Crippen molar-refractivity contribution in [1.82, 2.24) is 15.2 Å². The average molecular weight is 440 g/mol. The first-order valence-corrected chi connectivity index (χ1v) is 11.8. The molecular weight excluding hydrogens is 409 g/mol. The summed E-state index contributed by atoms with van der Waals surface area (Å²) < 4.78 is 13.2. The quantitative estimate of drug-likeness (QED) is 0.386. The molecule has 0 unspecified atom stereocenters. The standard InChI is InChI=1S/C25H30FN3OS/c1-3-15-29(16-4-2)17-7-14-27-25(30)22-18-24(28-23-9-6-5-8-21(22)23)31-20-12-10-19(26)11-13-20/h5-6,8-13,18H,3-4,7,14-17H2,1-2H3,(H,27,30). The van der Waals surface area contributed by atoms with Crippen LogP contribution >= 0.6 is 11.8 Å². The van der Waals surface area contributed by atoms with Gasteiger partial charge in [-0.05, 0) is 75.3 Å². The van der Waals surface area contributed by atoms with Crippen LogP contribution in [-0.2, 0) is 0 Å². The van der Waals surface area contributed by atoms with E-state index in [1.54, 1.807) is 12.1 Å². The molecule has 2 aromatic carbocycles. The fourth-order valence-electron chi connectivity index (χ4n) is 3.58. The van der Waals surface area contributed by atoms with Crippen molar-refractivity contribution in [3.8, 4) is 0 Å². The van der Waals surface area contributed by atoms with Crippen molar-refractivity contribution in [3.05, 3.63) is 66.0 Å². The molecule has 0 radical (unpaired) electrons. The van der Waals surface area contributed by atoms with Crippen molar-refractivity contribution >= 4 is 28.6 Å². The highest BCUT2D eigenvalue weighted by molar-refractivity contribution is 7.99. The third-order valence-corrected chi connectivity index (χ3v) is 5.92. The van der Waals surface area contributed by atoms with E-state index in [0.717, 1.165) is 54.7 Å². The van der Waals surface area contributed by atoms with Gasteiger partial charge >= 0.3 is 0 Å². The van der Waals surface area contributed by atoms with Gasteiger partial charge in [0.25, 0.3) is 5.91 Å². The van der Waals surface area contributed by atoms with Gasteiger partial charge in [0.1, 0.15) is 10.8 Å². The Morgan fingerprint density at radius 2 is 1.74 bits per heavy atom. The second-order valence-corrected chi connectivity index (χ2v) is 8.63. The minimum atomic E-state index is -0.271. The van der Waals surface area contributed by atoms with Crippen molar-refractivity contribution in [2.45, 2.75) is 43.0 Å². The Balaban J connectivity index is 1.70. The van der Waals surface area contributed by atoms with Crippen LogP contribution in [0.25, 0.3) is 10.9 Å². The normalized spacial score (nSPS) is 11.2. The van der Waals surface area contributed by atoms with Gasteiger partial charge in [0.15, 0.2) is 0 Å². The van der Waals surface area contributed by atoms with Gasteiger partial charge in [-0.15, -0.1) is 0 Å². The number of carbonyl (C=O) groups excluding carboxylic acids is 1. The summed E-state index contributed by atoms with van der Waals surface area (Å²) >= 11 is 1.42. The van der Waals surface area contributed by atoms with Crippen LogP contribution in [0.15, 0.2) is 64.5 Å². The second kappa shape index (κ2) is 11.8. The van der Waals surface area contributed by atoms with Gasteiger partial charge in [0.05, 0.1) is 11.1 Å². The molecule has 0 aliphatic heterocycles. The van der Waals surface area contributed by atoms with Crippen molar-refractivity contribution in [2.75, 3.05) is 26.2 Å². The SMILES string of the molecule is CCCN(CCC)CCCNC(=O)c1cc(Sc2ccc(F)cc2)nc2ccccc12. The number of benzene rings is 2. The van der Waals surface area contributed by atoms with Gasteiger partial charge in [-0.1, -0.05) is 43.8 Å². The second-order valence-electron chi connectivity index (χ2n) is 7.53. The predicted octanol–water partition coefficient (Wildman–Crippen LogP) is 5.77. The number of pyridine rings is 1. The molecule has 0 aliphatic carbocycles. The number of amides is 1. The van der Waals surface area contributed by atoms with Crippen molar-refractivity contribution in [1.29, 1.82) is 0 Å². The van der Waals surface area contributed by atoms with Crippen LogP contribution in [-0.4, -0.2) is 42.0 Å². The van der Waals surface area contributed by atoms with E-state index >= 15 is 0 Å². The van der Waals surface area contributed by atoms with E-state index in [-0.39, 0.29) is 11.7 Å². The minimum Gasteiger partial charge on any atom is -0.352 e. The van der Waals surface area contributed by atoms with E-state index in [1.165, 1.54) is 23.9 Å². The van der Waals surface area contributed by atoms with E-state index in [2.05, 4.69) is 29.0 Å². The van der Waals surface area contributed by atoms with Gasteiger partial charge in [0.2, 0.25) is 0 Å². The van der Waals surface area contributed by atoms with Crippen LogP contribution in [0, 0.1) is 5.82 Å². The first-order valence-electron chi connectivity index (χ1n) is 10.9. The lowest BCUT2D eigenvalue weighted by atomic mass is 10.1. The van der Waals surface area contributed by atoms with E-state index in [4.69, 9.17) is 0 Å². The van der Waals surface area contributed by atoms with Crippen LogP contribution in [0.3, 0.4) is 0 Å². The Labute approximate surface area is 188 Å². The molecule has 0 saturated heterocycles. The first-order chi connectivity index (χ1) is 15.1. The number of hydrogen-bond donors (Lipinski definition) is 1. The van der Waals surface area contributed by atoms with E-state index in [1.807, 2.05) is 30.3 Å². The number of fused-ring (bicyclic) bond motifs is 1. The smallest absolute Gasteiger partial charge is 0.252 e. The first kappa shape index (κ1) is 23.2. The molecule has 164 valence electrons. The molecule has 1 aromatic heterocycles. The monoisotopic (exact) mass is 439 g/mol. The lowest BCUT2D eigenvalue weighted by Crippen LogP contribution is -2.31. The summed E-state index contributed by atoms with van der Waals surface area (Å²) in [7, 11) is 0. The molecule has 0 spiro atoms. The Bertz CT molecular complexity index is 988. The highest BCUT2D eigenvalue weighted by Crippen LogP contribution is 2.30. The predicted molar refractivity (Wildman–Crippen MR) is 126 cm³/mol. The molecular formula is C25H30FN3OS. The fraction of sp³-hybridized carbons (Fsp3) is 0.360. The Morgan fingerprint density at radius 1 is 1.03 bits per heavy atom. The van der Waals surface area contributed by atoms with Crippen molar-refractivity contribution < 1.29 is 9.18 Å². The number of hydrogen-bond acceptors (Lipinski definition) is 4. The summed E-state index contributed by atoms with van der Waals surface area (Å²) in [6.45, 7) is 8.22. The zero-order chi connectivity index (χ0) is 22.1. The molecule has 0 bridgehead atoms. The molecule has 1 N–H and O–H groups in total. The van der Waals surface area contributed by atoms with Gasteiger partial charge in [-0.3, -0.25) is 4.79 Å². The van der Waals surface area contributed by atoms with E-state index in [9.17, 15) is 9.18 Å². The maximum atomic E-state index is 13.2. The van der Waals surface area contributed by atoms with Crippen LogP contribution in [0.4, 0.5) is 4.39 Å². The van der Waals surface area contributed by atoms with Gasteiger partial charge in [-0.2, -0.15) is 0 Å². The van der Waals surface area contributed by atoms with Crippen LogP contribution in [0.2, 0.25) is 0 Å². The van der Waals surface area contributed by atoms with E-state index in [0.29, 0.717) is 17.1 Å². The van der Waals surface area contributed by atoms with E-state index < -0.39 is 0 Å². The van der Waals surface area contributed by atoms with Crippen LogP contribution in [0.1, 0.15) is 43.5 Å². The molecule has 3 rings (SSSR count). The molecule has 1 amide bonds. The zero-order valence-electron chi connectivity index (χ0n) is 18.2. The summed E-state index contributed by atoms with van der Waals surface area (Å²) in [5.41, 5.74) is 1.39. The highest BCUT2D eigenvalue weighted by Gasteiger charge is 2.14.